The summed E-state index contributed by atoms with van der Waals surface area (Å²) in [4.78, 5) is 0. The van der Waals surface area contributed by atoms with Gasteiger partial charge < -0.3 is 0 Å². The molecule has 2 rings (SSSR count). The summed E-state index contributed by atoms with van der Waals surface area (Å²) in [6.07, 6.45) is 0. The molecule has 1 heterocycles. The van der Waals surface area contributed by atoms with Crippen LogP contribution in [0.1, 0.15) is 16.7 Å². The maximum atomic E-state index is 8.87. The topological polar surface area (TPSA) is 49.6 Å². The predicted molar refractivity (Wildman–Crippen MR) is 66.7 cm³/mol. The van der Waals surface area contributed by atoms with E-state index in [1.54, 1.807) is 12.1 Å². The first-order chi connectivity index (χ1) is 8.13. The van der Waals surface area contributed by atoms with Crippen LogP contribution >= 0.6 is 11.6 Å². The second-order valence-corrected chi connectivity index (χ2v) is 4.14. The van der Waals surface area contributed by atoms with Gasteiger partial charge in [0.1, 0.15) is 0 Å². The predicted octanol–water partition coefficient (Wildman–Crippen LogP) is 3.29. The van der Waals surface area contributed by atoms with Gasteiger partial charge in [-0.15, -0.1) is 10.2 Å². The van der Waals surface area contributed by atoms with E-state index in [9.17, 15) is 0 Å². The van der Waals surface area contributed by atoms with Crippen molar-refractivity contribution in [3.63, 3.8) is 0 Å². The van der Waals surface area contributed by atoms with E-state index in [0.29, 0.717) is 10.7 Å². The van der Waals surface area contributed by atoms with Crippen LogP contribution < -0.4 is 0 Å². The number of aromatic nitrogens is 2. The second kappa shape index (κ2) is 4.52. The highest BCUT2D eigenvalue weighted by Gasteiger charge is 2.10. The maximum absolute atomic E-state index is 8.87. The lowest BCUT2D eigenvalue weighted by Gasteiger charge is -2.08. The zero-order valence-electron chi connectivity index (χ0n) is 9.53. The average molecular weight is 244 g/mol. The van der Waals surface area contributed by atoms with E-state index in [2.05, 4.69) is 16.3 Å². The number of halogens is 1. The van der Waals surface area contributed by atoms with E-state index in [1.807, 2.05) is 26.0 Å². The van der Waals surface area contributed by atoms with E-state index >= 15 is 0 Å². The molecular formula is C13H10ClN3. The Labute approximate surface area is 105 Å². The van der Waals surface area contributed by atoms with Crippen LogP contribution in [0.3, 0.4) is 0 Å². The third-order valence-corrected chi connectivity index (χ3v) is 3.09. The summed E-state index contributed by atoms with van der Waals surface area (Å²) in [7, 11) is 0. The van der Waals surface area contributed by atoms with Crippen molar-refractivity contribution in [2.45, 2.75) is 13.8 Å². The molecule has 84 valence electrons. The molecule has 0 amide bonds. The molecule has 0 atom stereocenters. The third-order valence-electron chi connectivity index (χ3n) is 2.73. The summed E-state index contributed by atoms with van der Waals surface area (Å²) in [5.41, 5.74) is 4.16. The van der Waals surface area contributed by atoms with Crippen LogP contribution in [-0.2, 0) is 0 Å². The maximum Gasteiger partial charge on any atom is 0.154 e. The van der Waals surface area contributed by atoms with Crippen LogP contribution in [0.15, 0.2) is 24.3 Å². The fourth-order valence-corrected chi connectivity index (χ4v) is 1.77. The largest absolute Gasteiger partial charge is 0.192 e. The van der Waals surface area contributed by atoms with Gasteiger partial charge in [-0.2, -0.15) is 5.26 Å². The molecule has 0 aliphatic heterocycles. The number of rotatable bonds is 1. The van der Waals surface area contributed by atoms with Crippen molar-refractivity contribution in [1.82, 2.24) is 10.2 Å². The number of benzene rings is 1. The Kier molecular flexibility index (Phi) is 3.08. The van der Waals surface area contributed by atoms with E-state index in [-0.39, 0.29) is 0 Å². The normalized spacial score (nSPS) is 10.0. The lowest BCUT2D eigenvalue weighted by Crippen LogP contribution is -1.96. The molecule has 0 saturated heterocycles. The molecule has 1 aromatic heterocycles. The summed E-state index contributed by atoms with van der Waals surface area (Å²) in [6, 6.07) is 9.40. The van der Waals surface area contributed by atoms with Crippen molar-refractivity contribution in [3.8, 4) is 17.3 Å². The lowest BCUT2D eigenvalue weighted by molar-refractivity contribution is 1.00. The highest BCUT2D eigenvalue weighted by atomic mass is 35.5. The van der Waals surface area contributed by atoms with Crippen molar-refractivity contribution >= 4 is 11.6 Å². The Hall–Kier alpha value is -1.92. The fourth-order valence-electron chi connectivity index (χ4n) is 1.59. The standard InChI is InChI=1S/C13H10ClN3/c1-8-9(2)13(14)17-16-12(8)11-5-3-4-10(6-11)7-15/h3-6H,1-2H3. The first-order valence-corrected chi connectivity index (χ1v) is 5.51. The van der Waals surface area contributed by atoms with E-state index in [1.165, 1.54) is 0 Å². The number of hydrogen-bond acceptors (Lipinski definition) is 3. The summed E-state index contributed by atoms with van der Waals surface area (Å²) < 4.78 is 0. The Bertz CT molecular complexity index is 615. The van der Waals surface area contributed by atoms with Gasteiger partial charge in [-0.1, -0.05) is 23.7 Å². The van der Waals surface area contributed by atoms with E-state index in [0.717, 1.165) is 22.4 Å². The van der Waals surface area contributed by atoms with Gasteiger partial charge in [0.15, 0.2) is 5.15 Å². The molecule has 1 aromatic carbocycles. The highest BCUT2D eigenvalue weighted by Crippen LogP contribution is 2.26. The zero-order valence-corrected chi connectivity index (χ0v) is 10.3. The molecule has 0 fully saturated rings. The summed E-state index contributed by atoms with van der Waals surface area (Å²) in [5, 5.41) is 17.3. The minimum atomic E-state index is 0.419. The molecule has 4 heteroatoms. The molecule has 0 aliphatic rings. The number of hydrogen-bond donors (Lipinski definition) is 0. The SMILES string of the molecule is Cc1c(Cl)nnc(-c2cccc(C#N)c2)c1C. The minimum Gasteiger partial charge on any atom is -0.192 e. The molecule has 17 heavy (non-hydrogen) atoms. The monoisotopic (exact) mass is 243 g/mol. The highest BCUT2D eigenvalue weighted by molar-refractivity contribution is 6.30. The van der Waals surface area contributed by atoms with Crippen molar-refractivity contribution in [2.24, 2.45) is 0 Å². The van der Waals surface area contributed by atoms with E-state index < -0.39 is 0 Å². The van der Waals surface area contributed by atoms with Crippen molar-refractivity contribution in [2.75, 3.05) is 0 Å². The van der Waals surface area contributed by atoms with Gasteiger partial charge in [0, 0.05) is 5.56 Å². The lowest BCUT2D eigenvalue weighted by atomic mass is 10.0. The van der Waals surface area contributed by atoms with Crippen molar-refractivity contribution in [1.29, 1.82) is 5.26 Å². The molecule has 0 radical (unpaired) electrons. The van der Waals surface area contributed by atoms with Crippen LogP contribution in [0.2, 0.25) is 5.15 Å². The molecule has 0 bridgehead atoms. The average Bonchev–Trinajstić information content (AvgIpc) is 2.36. The molecule has 0 saturated carbocycles. The van der Waals surface area contributed by atoms with E-state index in [4.69, 9.17) is 16.9 Å². The third kappa shape index (κ3) is 2.13. The van der Waals surface area contributed by atoms with Gasteiger partial charge >= 0.3 is 0 Å². The first-order valence-electron chi connectivity index (χ1n) is 5.13. The molecule has 0 spiro atoms. The summed E-state index contributed by atoms with van der Waals surface area (Å²) in [5.74, 6) is 0. The van der Waals surface area contributed by atoms with Crippen LogP contribution in [0.5, 0.6) is 0 Å². The van der Waals surface area contributed by atoms with Crippen LogP contribution in [-0.4, -0.2) is 10.2 Å². The number of nitriles is 1. The Morgan fingerprint density at radius 3 is 2.65 bits per heavy atom. The molecule has 3 nitrogen and oxygen atoms in total. The van der Waals surface area contributed by atoms with Crippen molar-refractivity contribution in [3.05, 3.63) is 46.1 Å². The second-order valence-electron chi connectivity index (χ2n) is 3.78. The smallest absolute Gasteiger partial charge is 0.154 e. The van der Waals surface area contributed by atoms with Gasteiger partial charge in [0.05, 0.1) is 17.3 Å². The van der Waals surface area contributed by atoms with Gasteiger partial charge in [-0.3, -0.25) is 0 Å². The van der Waals surface area contributed by atoms with Gasteiger partial charge in [0.25, 0.3) is 0 Å². The molecule has 0 unspecified atom stereocenters. The fraction of sp³-hybridized carbons (Fsp3) is 0.154. The summed E-state index contributed by atoms with van der Waals surface area (Å²) in [6.45, 7) is 3.86. The molecule has 0 N–H and O–H groups in total. The van der Waals surface area contributed by atoms with Gasteiger partial charge in [0.2, 0.25) is 0 Å². The zero-order chi connectivity index (χ0) is 12.4. The Morgan fingerprint density at radius 1 is 1.18 bits per heavy atom. The van der Waals surface area contributed by atoms with Crippen LogP contribution in [0, 0.1) is 25.2 Å². The summed E-state index contributed by atoms with van der Waals surface area (Å²) >= 11 is 5.91. The molecular weight excluding hydrogens is 234 g/mol. The van der Waals surface area contributed by atoms with Crippen LogP contribution in [0.4, 0.5) is 0 Å². The van der Waals surface area contributed by atoms with Crippen LogP contribution in [0.25, 0.3) is 11.3 Å². The molecule has 0 aliphatic carbocycles. The minimum absolute atomic E-state index is 0.419. The van der Waals surface area contributed by atoms with Crippen molar-refractivity contribution < 1.29 is 0 Å². The van der Waals surface area contributed by atoms with Gasteiger partial charge in [-0.05, 0) is 37.1 Å². The number of nitrogens with zero attached hydrogens (tertiary/aromatic N) is 3. The molecule has 2 aromatic rings. The Balaban J connectivity index is 2.61. The quantitative estimate of drug-likeness (QED) is 0.772. The Morgan fingerprint density at radius 2 is 1.94 bits per heavy atom. The first kappa shape index (κ1) is 11.6. The van der Waals surface area contributed by atoms with Gasteiger partial charge in [-0.25, -0.2) is 0 Å².